The van der Waals surface area contributed by atoms with Crippen LogP contribution in [0.5, 0.6) is 0 Å². The molecule has 0 heterocycles. The molecule has 0 rings (SSSR count). The SMILES string of the molecule is CCCCCCCCC(=O)O.CCCCCCCCC(=O)O.CCCCCCCCC(=O)O.OC[C@@H](O)[C@@H](O)CO. The second kappa shape index (κ2) is 40.4. The van der Waals surface area contributed by atoms with Crippen molar-refractivity contribution in [2.45, 2.75) is 168 Å². The highest BCUT2D eigenvalue weighted by Crippen LogP contribution is 2.08. The van der Waals surface area contributed by atoms with Gasteiger partial charge < -0.3 is 35.7 Å². The van der Waals surface area contributed by atoms with Gasteiger partial charge in [-0.15, -0.1) is 0 Å². The molecule has 0 aromatic carbocycles. The Balaban J connectivity index is -0.000000224. The Hall–Kier alpha value is -1.75. The summed E-state index contributed by atoms with van der Waals surface area (Å²) in [4.78, 5) is 30.3. The van der Waals surface area contributed by atoms with Crippen LogP contribution in [0.15, 0.2) is 0 Å². The molecule has 0 amide bonds. The molecule has 0 saturated heterocycles. The number of hydrogen-bond acceptors (Lipinski definition) is 7. The topological polar surface area (TPSA) is 193 Å². The average molecular weight is 597 g/mol. The number of rotatable bonds is 24. The van der Waals surface area contributed by atoms with E-state index in [0.29, 0.717) is 19.3 Å². The maximum absolute atomic E-state index is 10.1. The fourth-order valence-corrected chi connectivity index (χ4v) is 3.41. The summed E-state index contributed by atoms with van der Waals surface area (Å²) in [5.41, 5.74) is 0. The maximum Gasteiger partial charge on any atom is 0.303 e. The van der Waals surface area contributed by atoms with Gasteiger partial charge >= 0.3 is 17.9 Å². The third-order valence-electron chi connectivity index (χ3n) is 6.05. The number of carbonyl (C=O) groups is 3. The number of carboxylic acids is 3. The first kappa shape index (κ1) is 46.2. The van der Waals surface area contributed by atoms with Crippen molar-refractivity contribution in [1.82, 2.24) is 0 Å². The van der Waals surface area contributed by atoms with E-state index in [1.54, 1.807) is 0 Å². The zero-order valence-electron chi connectivity index (χ0n) is 26.3. The van der Waals surface area contributed by atoms with Crippen molar-refractivity contribution in [2.24, 2.45) is 0 Å². The van der Waals surface area contributed by atoms with E-state index in [2.05, 4.69) is 20.8 Å². The standard InChI is InChI=1S/3C9H18O2.C4H10O4/c3*1-2-3-4-5-6-7-8-9(10)11;5-1-3(7)4(8)2-6/h3*2-8H2,1H3,(H,10,11);3-8H,1-2H2/t;;;3-,4+. The molecule has 0 bridgehead atoms. The fraction of sp³-hybridized carbons (Fsp3) is 0.903. The van der Waals surface area contributed by atoms with Crippen LogP contribution >= 0.6 is 0 Å². The molecule has 10 nitrogen and oxygen atoms in total. The largest absolute Gasteiger partial charge is 0.481 e. The number of unbranched alkanes of at least 4 members (excludes halogenated alkanes) is 15. The number of aliphatic carboxylic acids is 3. The lowest BCUT2D eigenvalue weighted by Gasteiger charge is -2.10. The zero-order valence-corrected chi connectivity index (χ0v) is 26.3. The summed E-state index contributed by atoms with van der Waals surface area (Å²) in [6, 6.07) is 0. The van der Waals surface area contributed by atoms with Crippen LogP contribution < -0.4 is 0 Å². The van der Waals surface area contributed by atoms with Gasteiger partial charge in [-0.05, 0) is 19.3 Å². The minimum absolute atomic E-state index is 0.339. The van der Waals surface area contributed by atoms with Gasteiger partial charge in [0, 0.05) is 19.3 Å². The molecule has 0 aliphatic rings. The maximum atomic E-state index is 10.1. The average Bonchev–Trinajstić information content (AvgIpc) is 2.94. The minimum Gasteiger partial charge on any atom is -0.481 e. The lowest BCUT2D eigenvalue weighted by Crippen LogP contribution is -2.31. The highest BCUT2D eigenvalue weighted by atomic mass is 16.4. The first-order valence-electron chi connectivity index (χ1n) is 15.8. The zero-order chi connectivity index (χ0) is 32.2. The summed E-state index contributed by atoms with van der Waals surface area (Å²) in [7, 11) is 0. The Kier molecular flexibility index (Phi) is 45.5. The molecule has 10 heteroatoms. The van der Waals surface area contributed by atoms with Gasteiger partial charge in [0.25, 0.3) is 0 Å². The Morgan fingerprint density at radius 2 is 0.610 bits per heavy atom. The van der Waals surface area contributed by atoms with Gasteiger partial charge in [-0.1, -0.05) is 117 Å². The molecule has 0 aromatic rings. The third kappa shape index (κ3) is 54.9. The van der Waals surface area contributed by atoms with Crippen LogP contribution in [0.25, 0.3) is 0 Å². The first-order chi connectivity index (χ1) is 19.5. The van der Waals surface area contributed by atoms with Crippen molar-refractivity contribution in [3.8, 4) is 0 Å². The van der Waals surface area contributed by atoms with E-state index < -0.39 is 43.3 Å². The molecule has 248 valence electrons. The summed E-state index contributed by atoms with van der Waals surface area (Å²) >= 11 is 0. The summed E-state index contributed by atoms with van der Waals surface area (Å²) in [6.45, 7) is 5.48. The molecule has 0 saturated carbocycles. The van der Waals surface area contributed by atoms with E-state index in [1.807, 2.05) is 0 Å². The highest BCUT2D eigenvalue weighted by molar-refractivity contribution is 5.67. The molecule has 0 fully saturated rings. The van der Waals surface area contributed by atoms with E-state index in [-0.39, 0.29) is 0 Å². The van der Waals surface area contributed by atoms with E-state index in [9.17, 15) is 14.4 Å². The smallest absolute Gasteiger partial charge is 0.303 e. The van der Waals surface area contributed by atoms with E-state index in [1.165, 1.54) is 77.0 Å². The summed E-state index contributed by atoms with van der Waals surface area (Å²) < 4.78 is 0. The first-order valence-corrected chi connectivity index (χ1v) is 15.8. The van der Waals surface area contributed by atoms with Crippen LogP contribution in [-0.4, -0.2) is 79.1 Å². The lowest BCUT2D eigenvalue weighted by atomic mass is 10.1. The minimum atomic E-state index is -1.22. The van der Waals surface area contributed by atoms with Gasteiger partial charge in [-0.25, -0.2) is 0 Å². The number of carboxylic acid groups (broad SMARTS) is 3. The molecule has 0 aliphatic carbocycles. The van der Waals surface area contributed by atoms with Crippen LogP contribution in [0.2, 0.25) is 0 Å². The van der Waals surface area contributed by atoms with Crippen molar-refractivity contribution in [1.29, 1.82) is 0 Å². The Morgan fingerprint density at radius 3 is 0.780 bits per heavy atom. The Morgan fingerprint density at radius 1 is 0.415 bits per heavy atom. The van der Waals surface area contributed by atoms with Crippen LogP contribution in [0.3, 0.4) is 0 Å². The second-order valence-electron chi connectivity index (χ2n) is 10.2. The molecule has 0 aliphatic heterocycles. The van der Waals surface area contributed by atoms with Gasteiger partial charge in [0.15, 0.2) is 0 Å². The number of aliphatic hydroxyl groups excluding tert-OH is 4. The van der Waals surface area contributed by atoms with Gasteiger partial charge in [-0.3, -0.25) is 14.4 Å². The second-order valence-corrected chi connectivity index (χ2v) is 10.2. The van der Waals surface area contributed by atoms with Crippen molar-refractivity contribution in [3.05, 3.63) is 0 Å². The van der Waals surface area contributed by atoms with Crippen molar-refractivity contribution >= 4 is 17.9 Å². The Labute approximate surface area is 249 Å². The van der Waals surface area contributed by atoms with Crippen LogP contribution in [0.4, 0.5) is 0 Å². The van der Waals surface area contributed by atoms with Gasteiger partial charge in [0.2, 0.25) is 0 Å². The lowest BCUT2D eigenvalue weighted by molar-refractivity contribution is -0.138. The third-order valence-corrected chi connectivity index (χ3v) is 6.05. The number of aliphatic hydroxyl groups is 4. The molecule has 0 spiro atoms. The predicted octanol–water partition coefficient (Wildman–Crippen LogP) is 6.16. The van der Waals surface area contributed by atoms with Crippen molar-refractivity contribution in [2.75, 3.05) is 13.2 Å². The summed E-state index contributed by atoms with van der Waals surface area (Å²) in [5, 5.41) is 58.1. The van der Waals surface area contributed by atoms with Gasteiger partial charge in [0.1, 0.15) is 12.2 Å². The summed E-state index contributed by atoms with van der Waals surface area (Å²) in [5.74, 6) is -2.00. The fourth-order valence-electron chi connectivity index (χ4n) is 3.41. The molecular weight excluding hydrogens is 532 g/mol. The van der Waals surface area contributed by atoms with E-state index in [4.69, 9.17) is 35.7 Å². The van der Waals surface area contributed by atoms with Crippen molar-refractivity contribution in [3.63, 3.8) is 0 Å². The quantitative estimate of drug-likeness (QED) is 0.0635. The Bertz CT molecular complexity index is 473. The summed E-state index contributed by atoms with van der Waals surface area (Å²) in [6.07, 6.45) is 19.3. The molecule has 0 unspecified atom stereocenters. The molecule has 0 aromatic heterocycles. The van der Waals surface area contributed by atoms with Gasteiger partial charge in [0.05, 0.1) is 13.2 Å². The van der Waals surface area contributed by atoms with Crippen molar-refractivity contribution < 1.29 is 50.1 Å². The van der Waals surface area contributed by atoms with Crippen LogP contribution in [-0.2, 0) is 14.4 Å². The molecule has 2 atom stereocenters. The van der Waals surface area contributed by atoms with Gasteiger partial charge in [-0.2, -0.15) is 0 Å². The highest BCUT2D eigenvalue weighted by Gasteiger charge is 2.12. The van der Waals surface area contributed by atoms with E-state index in [0.717, 1.165) is 38.5 Å². The van der Waals surface area contributed by atoms with Crippen LogP contribution in [0, 0.1) is 0 Å². The molecular formula is C31H64O10. The van der Waals surface area contributed by atoms with E-state index >= 15 is 0 Å². The normalized spacial score (nSPS) is 11.5. The predicted molar refractivity (Wildman–Crippen MR) is 163 cm³/mol. The molecule has 7 N–H and O–H groups in total. The molecule has 0 radical (unpaired) electrons. The number of hydrogen-bond donors (Lipinski definition) is 7. The van der Waals surface area contributed by atoms with Crippen LogP contribution in [0.1, 0.15) is 156 Å². The molecule has 41 heavy (non-hydrogen) atoms. The monoisotopic (exact) mass is 596 g/mol.